The van der Waals surface area contributed by atoms with Crippen LogP contribution in [0.15, 0.2) is 0 Å². The minimum absolute atomic E-state index is 0.738. The topological polar surface area (TPSA) is 44.9 Å². The fourth-order valence-electron chi connectivity index (χ4n) is 2.31. The molecule has 17 heavy (non-hydrogen) atoms. The molecular formula is C13H20N4. The molecule has 0 amide bonds. The largest absolute Gasteiger partial charge is 0.355 e. The van der Waals surface area contributed by atoms with E-state index < -0.39 is 0 Å². The highest BCUT2D eigenvalue weighted by molar-refractivity contribution is 5.57. The summed E-state index contributed by atoms with van der Waals surface area (Å²) in [5.74, 6) is 1.82. The zero-order valence-electron chi connectivity index (χ0n) is 10.9. The molecule has 0 atom stereocenters. The third-order valence-corrected chi connectivity index (χ3v) is 3.27. The van der Waals surface area contributed by atoms with Crippen LogP contribution in [0.3, 0.4) is 0 Å². The van der Waals surface area contributed by atoms with Gasteiger partial charge in [0.05, 0.1) is 5.69 Å². The van der Waals surface area contributed by atoms with Crippen LogP contribution in [0.4, 0.5) is 5.82 Å². The fraction of sp³-hybridized carbons (Fsp3) is 0.692. The van der Waals surface area contributed by atoms with E-state index in [2.05, 4.69) is 23.0 Å². The Labute approximate surface area is 103 Å². The summed E-state index contributed by atoms with van der Waals surface area (Å²) in [6.07, 6.45) is 3.76. The zero-order valence-corrected chi connectivity index (χ0v) is 10.9. The van der Waals surface area contributed by atoms with Crippen molar-refractivity contribution in [3.8, 4) is 6.07 Å². The molecule has 0 radical (unpaired) electrons. The van der Waals surface area contributed by atoms with E-state index in [0.29, 0.717) is 0 Å². The van der Waals surface area contributed by atoms with Gasteiger partial charge < -0.3 is 4.90 Å². The quantitative estimate of drug-likeness (QED) is 0.782. The third kappa shape index (κ3) is 2.44. The van der Waals surface area contributed by atoms with E-state index in [4.69, 9.17) is 0 Å². The zero-order chi connectivity index (χ0) is 12.4. The molecule has 0 N–H and O–H groups in total. The predicted molar refractivity (Wildman–Crippen MR) is 67.9 cm³/mol. The summed E-state index contributed by atoms with van der Waals surface area (Å²) < 4.78 is 1.85. The van der Waals surface area contributed by atoms with Crippen molar-refractivity contribution < 1.29 is 0 Å². The molecule has 0 bridgehead atoms. The lowest BCUT2D eigenvalue weighted by atomic mass is 10.2. The van der Waals surface area contributed by atoms with Crippen LogP contribution in [-0.4, -0.2) is 22.9 Å². The Hall–Kier alpha value is -1.50. The molecule has 1 saturated carbocycles. The molecule has 0 spiro atoms. The van der Waals surface area contributed by atoms with Gasteiger partial charge in [0.2, 0.25) is 0 Å². The molecular weight excluding hydrogens is 212 g/mol. The van der Waals surface area contributed by atoms with Gasteiger partial charge >= 0.3 is 0 Å². The molecule has 1 aliphatic carbocycles. The van der Waals surface area contributed by atoms with Crippen LogP contribution in [-0.2, 0) is 7.05 Å². The van der Waals surface area contributed by atoms with Gasteiger partial charge in [0.15, 0.2) is 0 Å². The van der Waals surface area contributed by atoms with E-state index in [1.54, 1.807) is 0 Å². The van der Waals surface area contributed by atoms with E-state index in [9.17, 15) is 5.26 Å². The van der Waals surface area contributed by atoms with Crippen LogP contribution in [0.2, 0.25) is 0 Å². The molecule has 1 fully saturated rings. The summed E-state index contributed by atoms with van der Waals surface area (Å²) in [6, 6.07) is 2.29. The van der Waals surface area contributed by atoms with Crippen molar-refractivity contribution in [2.75, 3.05) is 18.0 Å². The summed E-state index contributed by atoms with van der Waals surface area (Å²) >= 11 is 0. The lowest BCUT2D eigenvalue weighted by Crippen LogP contribution is -2.29. The van der Waals surface area contributed by atoms with Crippen molar-refractivity contribution in [3.05, 3.63) is 11.3 Å². The van der Waals surface area contributed by atoms with Gasteiger partial charge in [-0.05, 0) is 32.1 Å². The molecule has 0 saturated heterocycles. The van der Waals surface area contributed by atoms with E-state index in [-0.39, 0.29) is 0 Å². The molecule has 4 heteroatoms. The summed E-state index contributed by atoms with van der Waals surface area (Å²) in [4.78, 5) is 2.33. The van der Waals surface area contributed by atoms with Gasteiger partial charge in [0, 0.05) is 20.1 Å². The van der Waals surface area contributed by atoms with Crippen molar-refractivity contribution in [1.82, 2.24) is 9.78 Å². The first-order valence-electron chi connectivity index (χ1n) is 6.36. The van der Waals surface area contributed by atoms with Crippen LogP contribution in [0.1, 0.15) is 37.4 Å². The Balaban J connectivity index is 2.30. The molecule has 1 aliphatic rings. The molecule has 1 aromatic heterocycles. The van der Waals surface area contributed by atoms with Gasteiger partial charge in [-0.1, -0.05) is 6.92 Å². The number of rotatable bonds is 5. The van der Waals surface area contributed by atoms with Gasteiger partial charge in [0.1, 0.15) is 17.5 Å². The minimum atomic E-state index is 0.738. The standard InChI is InChI=1S/C13H20N4/c1-4-7-17(9-11-5-6-11)13-12(8-14)10(2)15-16(13)3/h11H,4-7,9H2,1-3H3. The highest BCUT2D eigenvalue weighted by Crippen LogP contribution is 2.32. The van der Waals surface area contributed by atoms with Crippen molar-refractivity contribution in [1.29, 1.82) is 5.26 Å². The normalized spacial score (nSPS) is 14.7. The maximum absolute atomic E-state index is 9.25. The first-order chi connectivity index (χ1) is 8.17. The lowest BCUT2D eigenvalue weighted by Gasteiger charge is -2.24. The second-order valence-electron chi connectivity index (χ2n) is 4.91. The number of hydrogen-bond acceptors (Lipinski definition) is 3. The van der Waals surface area contributed by atoms with Crippen LogP contribution < -0.4 is 4.90 Å². The number of hydrogen-bond donors (Lipinski definition) is 0. The van der Waals surface area contributed by atoms with Gasteiger partial charge in [-0.3, -0.25) is 4.68 Å². The number of aryl methyl sites for hydroxylation is 2. The number of nitrogens with zero attached hydrogens (tertiary/aromatic N) is 4. The predicted octanol–water partition coefficient (Wildman–Crippen LogP) is 2.23. The Kier molecular flexibility index (Phi) is 3.37. The Bertz CT molecular complexity index is 437. The average molecular weight is 232 g/mol. The SMILES string of the molecule is CCCN(CC1CC1)c1c(C#N)c(C)nn1C. The first kappa shape index (κ1) is 12.0. The Morgan fingerprint density at radius 3 is 2.76 bits per heavy atom. The van der Waals surface area contributed by atoms with E-state index in [1.807, 2.05) is 18.7 Å². The van der Waals surface area contributed by atoms with E-state index >= 15 is 0 Å². The first-order valence-corrected chi connectivity index (χ1v) is 6.36. The van der Waals surface area contributed by atoms with Gasteiger partial charge in [-0.25, -0.2) is 0 Å². The summed E-state index contributed by atoms with van der Waals surface area (Å²) in [5.41, 5.74) is 1.57. The molecule has 92 valence electrons. The molecule has 1 heterocycles. The smallest absolute Gasteiger partial charge is 0.144 e. The molecule has 0 aromatic carbocycles. The highest BCUT2D eigenvalue weighted by Gasteiger charge is 2.27. The van der Waals surface area contributed by atoms with Crippen LogP contribution >= 0.6 is 0 Å². The van der Waals surface area contributed by atoms with Crippen molar-refractivity contribution in [2.24, 2.45) is 13.0 Å². The number of anilines is 1. The molecule has 2 rings (SSSR count). The summed E-state index contributed by atoms with van der Waals surface area (Å²) in [6.45, 7) is 6.16. The second-order valence-corrected chi connectivity index (χ2v) is 4.91. The molecule has 1 aromatic rings. The van der Waals surface area contributed by atoms with Crippen LogP contribution in [0.5, 0.6) is 0 Å². The summed E-state index contributed by atoms with van der Waals surface area (Å²) in [7, 11) is 1.93. The van der Waals surface area contributed by atoms with E-state index in [1.165, 1.54) is 12.8 Å². The Morgan fingerprint density at radius 1 is 1.53 bits per heavy atom. The van der Waals surface area contributed by atoms with Crippen molar-refractivity contribution in [2.45, 2.75) is 33.1 Å². The molecule has 0 unspecified atom stereocenters. The average Bonchev–Trinajstić information content (AvgIpc) is 3.03. The highest BCUT2D eigenvalue weighted by atomic mass is 15.4. The maximum atomic E-state index is 9.25. The fourth-order valence-corrected chi connectivity index (χ4v) is 2.31. The van der Waals surface area contributed by atoms with Crippen LogP contribution in [0, 0.1) is 24.2 Å². The summed E-state index contributed by atoms with van der Waals surface area (Å²) in [5, 5.41) is 13.6. The molecule has 0 aliphatic heterocycles. The van der Waals surface area contributed by atoms with Gasteiger partial charge in [0.25, 0.3) is 0 Å². The molecule has 4 nitrogen and oxygen atoms in total. The third-order valence-electron chi connectivity index (χ3n) is 3.27. The van der Waals surface area contributed by atoms with E-state index in [0.717, 1.165) is 42.5 Å². The van der Waals surface area contributed by atoms with Gasteiger partial charge in [-0.15, -0.1) is 0 Å². The Morgan fingerprint density at radius 2 is 2.24 bits per heavy atom. The van der Waals surface area contributed by atoms with Crippen LogP contribution in [0.25, 0.3) is 0 Å². The minimum Gasteiger partial charge on any atom is -0.355 e. The van der Waals surface area contributed by atoms with Crippen molar-refractivity contribution in [3.63, 3.8) is 0 Å². The van der Waals surface area contributed by atoms with Crippen molar-refractivity contribution >= 4 is 5.82 Å². The second kappa shape index (κ2) is 4.79. The van der Waals surface area contributed by atoms with Gasteiger partial charge in [-0.2, -0.15) is 10.4 Å². The monoisotopic (exact) mass is 232 g/mol. The number of nitriles is 1. The lowest BCUT2D eigenvalue weighted by molar-refractivity contribution is 0.657. The number of aromatic nitrogens is 2. The maximum Gasteiger partial charge on any atom is 0.144 e.